The molecule has 1 N–H and O–H groups in total. The Bertz CT molecular complexity index is 1320. The number of hydrogen-bond acceptors (Lipinski definition) is 3. The van der Waals surface area contributed by atoms with Crippen LogP contribution in [0.1, 0.15) is 34.7 Å². The topological polar surface area (TPSA) is 66.8 Å². The van der Waals surface area contributed by atoms with Crippen LogP contribution in [-0.2, 0) is 41.6 Å². The fourth-order valence-electron chi connectivity index (χ4n) is 4.58. The van der Waals surface area contributed by atoms with Gasteiger partial charge in [-0.25, -0.2) is 4.39 Å². The second-order valence-corrected chi connectivity index (χ2v) is 9.46. The normalized spacial score (nSPS) is 16.7. The molecule has 3 aromatic rings. The molecule has 0 aromatic heterocycles. The molecular weight excluding hydrogens is 490 g/mol. The van der Waals surface area contributed by atoms with Crippen LogP contribution >= 0.6 is 0 Å². The average molecular weight is 516 g/mol. The number of benzene rings is 3. The van der Waals surface area contributed by atoms with Crippen molar-refractivity contribution in [3.05, 3.63) is 100 Å². The SMILES string of the molecule is C[C@@]1(Cc2ccccc2F)Cc2cc(CC(=O)N(CC(=O)O)Cc3cccc(C(F)(F)F)c3)ccc2O1. The highest BCUT2D eigenvalue weighted by Crippen LogP contribution is 2.38. The molecule has 1 aliphatic rings. The van der Waals surface area contributed by atoms with Crippen LogP contribution in [0.3, 0.4) is 0 Å². The van der Waals surface area contributed by atoms with Gasteiger partial charge < -0.3 is 14.7 Å². The van der Waals surface area contributed by atoms with Crippen molar-refractivity contribution in [2.45, 2.75) is 44.5 Å². The number of carbonyl (C=O) groups excluding carboxylic acids is 1. The third-order valence-electron chi connectivity index (χ3n) is 6.23. The summed E-state index contributed by atoms with van der Waals surface area (Å²) in [5.74, 6) is -1.49. The van der Waals surface area contributed by atoms with E-state index >= 15 is 0 Å². The monoisotopic (exact) mass is 515 g/mol. The molecule has 0 radical (unpaired) electrons. The minimum atomic E-state index is -4.55. The lowest BCUT2D eigenvalue weighted by molar-refractivity contribution is -0.144. The molecule has 5 nitrogen and oxygen atoms in total. The summed E-state index contributed by atoms with van der Waals surface area (Å²) in [6.07, 6.45) is -3.85. The number of halogens is 4. The van der Waals surface area contributed by atoms with Crippen molar-refractivity contribution in [3.63, 3.8) is 0 Å². The highest BCUT2D eigenvalue weighted by molar-refractivity contribution is 5.83. The third kappa shape index (κ3) is 6.47. The number of ether oxygens (including phenoxy) is 1. The Morgan fingerprint density at radius 2 is 1.78 bits per heavy atom. The van der Waals surface area contributed by atoms with Crippen LogP contribution in [0.4, 0.5) is 17.6 Å². The van der Waals surface area contributed by atoms with Crippen LogP contribution < -0.4 is 4.74 Å². The van der Waals surface area contributed by atoms with Gasteiger partial charge in [0.2, 0.25) is 5.91 Å². The molecule has 1 aliphatic heterocycles. The predicted molar refractivity (Wildman–Crippen MR) is 127 cm³/mol. The Hall–Kier alpha value is -3.88. The molecule has 194 valence electrons. The molecule has 1 amide bonds. The van der Waals surface area contributed by atoms with E-state index < -0.39 is 35.8 Å². The fraction of sp³-hybridized carbons (Fsp3) is 0.286. The van der Waals surface area contributed by atoms with Crippen molar-refractivity contribution >= 4 is 11.9 Å². The Morgan fingerprint density at radius 1 is 1.03 bits per heavy atom. The third-order valence-corrected chi connectivity index (χ3v) is 6.23. The first kappa shape index (κ1) is 26.2. The van der Waals surface area contributed by atoms with E-state index in [1.807, 2.05) is 6.92 Å². The zero-order chi connectivity index (χ0) is 26.8. The number of carboxylic acid groups (broad SMARTS) is 1. The Morgan fingerprint density at radius 3 is 2.49 bits per heavy atom. The highest BCUT2D eigenvalue weighted by atomic mass is 19.4. The van der Waals surface area contributed by atoms with Crippen molar-refractivity contribution in [1.29, 1.82) is 0 Å². The average Bonchev–Trinajstić information content (AvgIpc) is 3.14. The molecule has 9 heteroatoms. The van der Waals surface area contributed by atoms with E-state index in [4.69, 9.17) is 4.74 Å². The fourth-order valence-corrected chi connectivity index (χ4v) is 4.58. The molecule has 4 rings (SSSR count). The van der Waals surface area contributed by atoms with E-state index in [9.17, 15) is 32.3 Å². The number of fused-ring (bicyclic) bond motifs is 1. The van der Waals surface area contributed by atoms with Crippen LogP contribution in [0.2, 0.25) is 0 Å². The number of carboxylic acids is 1. The van der Waals surface area contributed by atoms with Gasteiger partial charge in [-0.15, -0.1) is 0 Å². The number of alkyl halides is 3. The second kappa shape index (κ2) is 10.2. The molecule has 1 atom stereocenters. The molecule has 0 unspecified atom stereocenters. The maximum Gasteiger partial charge on any atom is 0.416 e. The molecule has 0 saturated carbocycles. The summed E-state index contributed by atoms with van der Waals surface area (Å²) in [6.45, 7) is 0.960. The van der Waals surface area contributed by atoms with Gasteiger partial charge in [-0.2, -0.15) is 13.2 Å². The van der Waals surface area contributed by atoms with Crippen molar-refractivity contribution in [3.8, 4) is 5.75 Å². The quantitative estimate of drug-likeness (QED) is 0.406. The Labute approximate surface area is 211 Å². The first-order valence-corrected chi connectivity index (χ1v) is 11.6. The molecule has 0 aliphatic carbocycles. The van der Waals surface area contributed by atoms with E-state index in [2.05, 4.69) is 0 Å². The highest BCUT2D eigenvalue weighted by Gasteiger charge is 2.36. The molecule has 0 fully saturated rings. The number of hydrogen-bond donors (Lipinski definition) is 1. The number of aliphatic carboxylic acids is 1. The van der Waals surface area contributed by atoms with Gasteiger partial charge in [-0.05, 0) is 53.4 Å². The van der Waals surface area contributed by atoms with Gasteiger partial charge in [0.05, 0.1) is 12.0 Å². The summed E-state index contributed by atoms with van der Waals surface area (Å²) in [7, 11) is 0. The number of amides is 1. The van der Waals surface area contributed by atoms with Gasteiger partial charge in [0.1, 0.15) is 23.7 Å². The molecule has 0 bridgehead atoms. The van der Waals surface area contributed by atoms with E-state index in [0.717, 1.165) is 22.6 Å². The van der Waals surface area contributed by atoms with E-state index in [1.54, 1.807) is 36.4 Å². The number of rotatable bonds is 8. The van der Waals surface area contributed by atoms with Crippen molar-refractivity contribution in [2.75, 3.05) is 6.54 Å². The molecule has 0 saturated heterocycles. The van der Waals surface area contributed by atoms with E-state index in [0.29, 0.717) is 29.7 Å². The molecule has 0 spiro atoms. The zero-order valence-corrected chi connectivity index (χ0v) is 20.0. The van der Waals surface area contributed by atoms with Crippen LogP contribution in [0.5, 0.6) is 5.75 Å². The molecule has 1 heterocycles. The number of nitrogens with zero attached hydrogens (tertiary/aromatic N) is 1. The van der Waals surface area contributed by atoms with E-state index in [1.165, 1.54) is 18.2 Å². The molecular formula is C28H25F4NO4. The summed E-state index contributed by atoms with van der Waals surface area (Å²) in [5.41, 5.74) is 0.618. The smallest absolute Gasteiger partial charge is 0.416 e. The van der Waals surface area contributed by atoms with Gasteiger partial charge in [-0.3, -0.25) is 9.59 Å². The van der Waals surface area contributed by atoms with Crippen LogP contribution in [0.15, 0.2) is 66.7 Å². The Balaban J connectivity index is 1.47. The zero-order valence-electron chi connectivity index (χ0n) is 20.0. The van der Waals surface area contributed by atoms with Crippen molar-refractivity contribution in [2.24, 2.45) is 0 Å². The summed E-state index contributed by atoms with van der Waals surface area (Å²) < 4.78 is 59.4. The summed E-state index contributed by atoms with van der Waals surface area (Å²) in [6, 6.07) is 16.2. The maximum absolute atomic E-state index is 14.2. The lowest BCUT2D eigenvalue weighted by atomic mass is 9.91. The summed E-state index contributed by atoms with van der Waals surface area (Å²) >= 11 is 0. The first-order valence-electron chi connectivity index (χ1n) is 11.6. The van der Waals surface area contributed by atoms with Crippen LogP contribution in [0.25, 0.3) is 0 Å². The largest absolute Gasteiger partial charge is 0.487 e. The summed E-state index contributed by atoms with van der Waals surface area (Å²) in [5, 5.41) is 9.27. The standard InChI is InChI=1S/C28H25F4NO4/c1-27(14-20-6-2-3-8-23(20)29)15-21-11-18(9-10-24(21)37-27)13-25(34)33(17-26(35)36)16-19-5-4-7-22(12-19)28(30,31)32/h2-12H,13-17H2,1H3,(H,35,36)/t27-/m1/s1. The molecule has 3 aromatic carbocycles. The minimum absolute atomic E-state index is 0.135. The molecule has 37 heavy (non-hydrogen) atoms. The number of carbonyl (C=O) groups is 2. The summed E-state index contributed by atoms with van der Waals surface area (Å²) in [4.78, 5) is 25.4. The van der Waals surface area contributed by atoms with Crippen LogP contribution in [-0.4, -0.2) is 34.0 Å². The van der Waals surface area contributed by atoms with Gasteiger partial charge in [0, 0.05) is 19.4 Å². The maximum atomic E-state index is 14.2. The predicted octanol–water partition coefficient (Wildman–Crippen LogP) is 5.44. The second-order valence-electron chi connectivity index (χ2n) is 9.46. The minimum Gasteiger partial charge on any atom is -0.487 e. The lowest BCUT2D eigenvalue weighted by Crippen LogP contribution is -2.36. The lowest BCUT2D eigenvalue weighted by Gasteiger charge is -2.24. The van der Waals surface area contributed by atoms with Gasteiger partial charge in [0.15, 0.2) is 0 Å². The van der Waals surface area contributed by atoms with E-state index in [-0.39, 0.29) is 24.3 Å². The van der Waals surface area contributed by atoms with Crippen molar-refractivity contribution in [1.82, 2.24) is 4.90 Å². The van der Waals surface area contributed by atoms with Crippen molar-refractivity contribution < 1.29 is 37.0 Å². The van der Waals surface area contributed by atoms with Crippen LogP contribution in [0, 0.1) is 5.82 Å². The van der Waals surface area contributed by atoms with Gasteiger partial charge in [0.25, 0.3) is 0 Å². The van der Waals surface area contributed by atoms with Gasteiger partial charge >= 0.3 is 12.1 Å². The Kier molecular flexibility index (Phi) is 7.25. The van der Waals surface area contributed by atoms with Gasteiger partial charge in [-0.1, -0.05) is 42.5 Å². The first-order chi connectivity index (χ1) is 17.4.